The largest absolute Gasteiger partial charge is 0.339 e. The van der Waals surface area contributed by atoms with E-state index in [9.17, 15) is 0 Å². The molecular weight excluding hydrogens is 876 g/mol. The second kappa shape index (κ2) is 21.9. The van der Waals surface area contributed by atoms with Crippen LogP contribution in [0, 0.1) is 0 Å². The number of rotatable bonds is 24. The molecule has 6 aromatic heterocycles. The molecule has 0 radical (unpaired) electrons. The maximum absolute atomic E-state index is 7.54. The Morgan fingerprint density at radius 2 is 0.855 bits per heavy atom. The third-order valence-corrected chi connectivity index (χ3v) is 17.9. The van der Waals surface area contributed by atoms with E-state index in [1.54, 1.807) is 0 Å². The molecule has 0 saturated heterocycles. The first-order chi connectivity index (χ1) is 30.4. The first kappa shape index (κ1) is 45.7. The van der Waals surface area contributed by atoms with E-state index in [2.05, 4.69) is 108 Å². The standard InChI is InChI=1S/C54H64Cl2N2S4/c1-5-9-13-17-23-37-31-49(61-53(37)47-25-21-29-59-47)39-35-45-41(33-43(39)55)51-52(57(45)27-19-15-11-7-3)42-34-44(56)40(36-46(42)58(51)28-20-16-12-8-4)50-32-38(24-18-14-10-6-2)54(62-50)48-26-22-30-60-48/h21-22,25-26,29-36H,5-20,23-24,27-28H2,1-4H3. The second-order valence-corrected chi connectivity index (χ2v) is 22.1. The minimum atomic E-state index is 0.840. The zero-order valence-electron chi connectivity index (χ0n) is 37.4. The molecule has 8 rings (SSSR count). The van der Waals surface area contributed by atoms with Gasteiger partial charge in [-0.1, -0.05) is 140 Å². The smallest absolute Gasteiger partial charge is 0.0754 e. The SMILES string of the molecule is CCCCCCc1cc(-c2cc3c(cc2Cl)c2c(c4cc(Cl)c(-c5cc(CCCCCC)c(-c6cccs6)s5)cc4n2CCCCCC)n3CCCCCC)sc1-c1cccs1. The summed E-state index contributed by atoms with van der Waals surface area (Å²) < 4.78 is 5.30. The van der Waals surface area contributed by atoms with E-state index in [0.717, 1.165) is 59.9 Å². The van der Waals surface area contributed by atoms with Crippen LogP contribution in [0.15, 0.2) is 71.4 Å². The highest BCUT2D eigenvalue weighted by Gasteiger charge is 2.25. The van der Waals surface area contributed by atoms with Gasteiger partial charge in [0.2, 0.25) is 0 Å². The fourth-order valence-corrected chi connectivity index (χ4v) is 14.3. The van der Waals surface area contributed by atoms with E-state index in [4.69, 9.17) is 23.2 Å². The zero-order chi connectivity index (χ0) is 43.0. The fraction of sp³-hybridized carbons (Fsp3) is 0.444. The molecule has 0 fully saturated rings. The Kier molecular flexibility index (Phi) is 16.1. The van der Waals surface area contributed by atoms with Crippen molar-refractivity contribution in [1.29, 1.82) is 0 Å². The number of nitrogens with zero attached hydrogens (tertiary/aromatic N) is 2. The molecular formula is C54H64Cl2N2S4. The van der Waals surface area contributed by atoms with Crippen molar-refractivity contribution in [2.75, 3.05) is 0 Å². The predicted octanol–water partition coefficient (Wildman–Crippen LogP) is 20.4. The van der Waals surface area contributed by atoms with Gasteiger partial charge in [-0.05, 0) is 109 Å². The lowest BCUT2D eigenvalue weighted by molar-refractivity contribution is 0.600. The summed E-state index contributed by atoms with van der Waals surface area (Å²) in [5.74, 6) is 0. The van der Waals surface area contributed by atoms with Crippen LogP contribution >= 0.6 is 68.5 Å². The molecule has 0 bridgehead atoms. The monoisotopic (exact) mass is 938 g/mol. The number of halogens is 2. The lowest BCUT2D eigenvalue weighted by Gasteiger charge is -2.12. The highest BCUT2D eigenvalue weighted by Crippen LogP contribution is 2.49. The maximum atomic E-state index is 7.54. The van der Waals surface area contributed by atoms with Gasteiger partial charge in [0.1, 0.15) is 0 Å². The lowest BCUT2D eigenvalue weighted by Crippen LogP contribution is -1.98. The molecule has 0 aliphatic rings. The van der Waals surface area contributed by atoms with Crippen molar-refractivity contribution in [3.8, 4) is 40.4 Å². The number of hydrogen-bond acceptors (Lipinski definition) is 4. The quantitative estimate of drug-likeness (QED) is 0.0534. The number of aryl methyl sites for hydroxylation is 4. The number of hydrogen-bond donors (Lipinski definition) is 0. The molecule has 0 aliphatic carbocycles. The molecule has 2 aromatic carbocycles. The van der Waals surface area contributed by atoms with Crippen LogP contribution in [0.2, 0.25) is 10.0 Å². The van der Waals surface area contributed by atoms with E-state index >= 15 is 0 Å². The lowest BCUT2D eigenvalue weighted by atomic mass is 10.0. The van der Waals surface area contributed by atoms with Crippen LogP contribution < -0.4 is 0 Å². The highest BCUT2D eigenvalue weighted by molar-refractivity contribution is 7.24. The van der Waals surface area contributed by atoms with Gasteiger partial charge in [0.05, 0.1) is 32.1 Å². The Bertz CT molecular complexity index is 2480. The first-order valence-corrected chi connectivity index (χ1v) is 27.9. The van der Waals surface area contributed by atoms with E-state index < -0.39 is 0 Å². The Hall–Kier alpha value is -2.84. The van der Waals surface area contributed by atoms with Gasteiger partial charge in [-0.2, -0.15) is 0 Å². The molecule has 0 N–H and O–H groups in total. The van der Waals surface area contributed by atoms with Crippen LogP contribution in [-0.4, -0.2) is 9.13 Å². The molecule has 0 spiro atoms. The average molecular weight is 940 g/mol. The minimum Gasteiger partial charge on any atom is -0.339 e. The summed E-state index contributed by atoms with van der Waals surface area (Å²) in [7, 11) is 0. The molecule has 8 heteroatoms. The Balaban J connectivity index is 1.30. The van der Waals surface area contributed by atoms with Crippen molar-refractivity contribution >= 4 is 101 Å². The van der Waals surface area contributed by atoms with Crippen molar-refractivity contribution in [3.63, 3.8) is 0 Å². The summed E-state index contributed by atoms with van der Waals surface area (Å²) >= 11 is 22.6. The van der Waals surface area contributed by atoms with Crippen LogP contribution in [0.4, 0.5) is 0 Å². The summed E-state index contributed by atoms with van der Waals surface area (Å²) in [6.45, 7) is 11.1. The van der Waals surface area contributed by atoms with Gasteiger partial charge in [-0.15, -0.1) is 45.3 Å². The summed E-state index contributed by atoms with van der Waals surface area (Å²) in [4.78, 5) is 8.10. The van der Waals surface area contributed by atoms with E-state index in [1.165, 1.54) is 163 Å². The molecule has 0 unspecified atom stereocenters. The van der Waals surface area contributed by atoms with Crippen molar-refractivity contribution in [3.05, 3.63) is 92.6 Å². The molecule has 2 nitrogen and oxygen atoms in total. The number of aromatic nitrogens is 2. The zero-order valence-corrected chi connectivity index (χ0v) is 42.1. The fourth-order valence-electron chi connectivity index (χ4n) is 9.44. The van der Waals surface area contributed by atoms with Gasteiger partial charge in [-0.3, -0.25) is 0 Å². The first-order valence-electron chi connectivity index (χ1n) is 23.8. The number of fused-ring (bicyclic) bond motifs is 5. The molecule has 0 saturated carbocycles. The molecule has 328 valence electrons. The third-order valence-electron chi connectivity index (χ3n) is 12.7. The molecule has 0 atom stereocenters. The molecule has 8 aromatic rings. The van der Waals surface area contributed by atoms with Gasteiger partial charge < -0.3 is 9.13 Å². The molecule has 6 heterocycles. The van der Waals surface area contributed by atoms with Gasteiger partial charge in [0.25, 0.3) is 0 Å². The van der Waals surface area contributed by atoms with Gasteiger partial charge in [0, 0.05) is 64.3 Å². The number of thiophene rings is 4. The molecule has 62 heavy (non-hydrogen) atoms. The minimum absolute atomic E-state index is 0.840. The normalized spacial score (nSPS) is 12.0. The van der Waals surface area contributed by atoms with Gasteiger partial charge >= 0.3 is 0 Å². The topological polar surface area (TPSA) is 9.86 Å². The van der Waals surface area contributed by atoms with Crippen LogP contribution in [0.5, 0.6) is 0 Å². The number of unbranched alkanes of at least 4 members (excludes halogenated alkanes) is 12. The molecule has 0 amide bonds. The van der Waals surface area contributed by atoms with Gasteiger partial charge in [-0.25, -0.2) is 0 Å². The van der Waals surface area contributed by atoms with Crippen molar-refractivity contribution in [1.82, 2.24) is 9.13 Å². The van der Waals surface area contributed by atoms with E-state index in [0.29, 0.717) is 0 Å². The van der Waals surface area contributed by atoms with Crippen LogP contribution in [0.25, 0.3) is 73.2 Å². The van der Waals surface area contributed by atoms with E-state index in [-0.39, 0.29) is 0 Å². The summed E-state index contributed by atoms with van der Waals surface area (Å²) in [6.07, 6.45) is 22.0. The Morgan fingerprint density at radius 1 is 0.452 bits per heavy atom. The average Bonchev–Trinajstić information content (AvgIpc) is 4.14. The maximum Gasteiger partial charge on any atom is 0.0754 e. The third kappa shape index (κ3) is 9.87. The van der Waals surface area contributed by atoms with Crippen LogP contribution in [-0.2, 0) is 25.9 Å². The summed E-state index contributed by atoms with van der Waals surface area (Å²) in [5.41, 5.74) is 10.4. The summed E-state index contributed by atoms with van der Waals surface area (Å²) in [5, 5.41) is 8.61. The summed E-state index contributed by atoms with van der Waals surface area (Å²) in [6, 6.07) is 23.3. The highest BCUT2D eigenvalue weighted by atomic mass is 35.5. The van der Waals surface area contributed by atoms with Crippen molar-refractivity contribution in [2.45, 2.75) is 156 Å². The second-order valence-electron chi connectivity index (χ2n) is 17.3. The van der Waals surface area contributed by atoms with E-state index in [1.807, 2.05) is 45.3 Å². The molecule has 0 aliphatic heterocycles. The van der Waals surface area contributed by atoms with Gasteiger partial charge in [0.15, 0.2) is 0 Å². The van der Waals surface area contributed by atoms with Crippen LogP contribution in [0.3, 0.4) is 0 Å². The van der Waals surface area contributed by atoms with Crippen LogP contribution in [0.1, 0.15) is 142 Å². The Morgan fingerprint density at radius 3 is 1.23 bits per heavy atom. The van der Waals surface area contributed by atoms with Crippen molar-refractivity contribution in [2.24, 2.45) is 0 Å². The predicted molar refractivity (Wildman–Crippen MR) is 282 cm³/mol. The Labute approximate surface area is 396 Å². The number of benzene rings is 2. The van der Waals surface area contributed by atoms with Crippen molar-refractivity contribution < 1.29 is 0 Å².